The Labute approximate surface area is 172 Å². The van der Waals surface area contributed by atoms with Gasteiger partial charge in [-0.2, -0.15) is 0 Å². The number of rotatable bonds is 6. The van der Waals surface area contributed by atoms with Crippen LogP contribution in [0.4, 0.5) is 0 Å². The fourth-order valence-corrected chi connectivity index (χ4v) is 4.03. The zero-order valence-corrected chi connectivity index (χ0v) is 17.7. The number of halogens is 2. The van der Waals surface area contributed by atoms with E-state index in [0.717, 1.165) is 48.7 Å². The first-order chi connectivity index (χ1) is 11.7. The van der Waals surface area contributed by atoms with Crippen molar-refractivity contribution < 1.29 is 4.79 Å². The molecule has 1 aliphatic rings. The zero-order valence-electron chi connectivity index (χ0n) is 15.2. The van der Waals surface area contributed by atoms with E-state index in [1.165, 1.54) is 5.56 Å². The summed E-state index contributed by atoms with van der Waals surface area (Å²) in [4.78, 5) is 19.5. The number of benzene rings is 1. The number of aryl methyl sites for hydroxylation is 1. The molecule has 0 bridgehead atoms. The molecule has 1 atom stereocenters. The molecule has 1 amide bonds. The Morgan fingerprint density at radius 1 is 1.38 bits per heavy atom. The maximum atomic E-state index is 12.8. The zero-order chi connectivity index (χ0) is 16.9. The topological polar surface area (TPSA) is 45.2 Å². The molecule has 0 radical (unpaired) electrons. The third kappa shape index (κ3) is 5.68. The quantitative estimate of drug-likeness (QED) is 0.771. The number of amides is 1. The largest absolute Gasteiger partial charge is 0.338 e. The molecule has 26 heavy (non-hydrogen) atoms. The van der Waals surface area contributed by atoms with Gasteiger partial charge in [-0.15, -0.1) is 36.2 Å². The molecular formula is C19H27Cl2N3OS. The first-order valence-corrected chi connectivity index (χ1v) is 9.57. The minimum absolute atomic E-state index is 0. The van der Waals surface area contributed by atoms with Gasteiger partial charge in [0.2, 0.25) is 5.91 Å². The molecule has 2 heterocycles. The van der Waals surface area contributed by atoms with Crippen LogP contribution in [0.15, 0.2) is 29.6 Å². The van der Waals surface area contributed by atoms with Crippen molar-refractivity contribution in [3.8, 4) is 10.6 Å². The van der Waals surface area contributed by atoms with Crippen LogP contribution in [0.5, 0.6) is 0 Å². The second kappa shape index (κ2) is 10.9. The SMILES string of the molecule is CCCN(C(=O)Cc1csc(-c2cccc(C)c2)n1)C1CCNC1.Cl.Cl. The lowest BCUT2D eigenvalue weighted by Crippen LogP contribution is -2.42. The summed E-state index contributed by atoms with van der Waals surface area (Å²) < 4.78 is 0. The predicted octanol–water partition coefficient (Wildman–Crippen LogP) is 4.11. The summed E-state index contributed by atoms with van der Waals surface area (Å²) >= 11 is 1.62. The maximum absolute atomic E-state index is 12.8. The summed E-state index contributed by atoms with van der Waals surface area (Å²) in [5, 5.41) is 6.37. The van der Waals surface area contributed by atoms with E-state index in [1.807, 2.05) is 16.3 Å². The van der Waals surface area contributed by atoms with Crippen LogP contribution in [0.2, 0.25) is 0 Å². The van der Waals surface area contributed by atoms with Gasteiger partial charge in [0.15, 0.2) is 0 Å². The molecule has 0 saturated carbocycles. The van der Waals surface area contributed by atoms with Crippen molar-refractivity contribution in [2.75, 3.05) is 19.6 Å². The van der Waals surface area contributed by atoms with Gasteiger partial charge in [0.1, 0.15) is 5.01 Å². The van der Waals surface area contributed by atoms with E-state index in [4.69, 9.17) is 0 Å². The molecule has 144 valence electrons. The normalized spacial score (nSPS) is 15.8. The van der Waals surface area contributed by atoms with Crippen LogP contribution in [0.1, 0.15) is 31.0 Å². The number of carbonyl (C=O) groups is 1. The van der Waals surface area contributed by atoms with Gasteiger partial charge in [0.25, 0.3) is 0 Å². The lowest BCUT2D eigenvalue weighted by atomic mass is 10.1. The van der Waals surface area contributed by atoms with Crippen molar-refractivity contribution in [1.29, 1.82) is 0 Å². The van der Waals surface area contributed by atoms with E-state index in [2.05, 4.69) is 42.3 Å². The highest BCUT2D eigenvalue weighted by molar-refractivity contribution is 7.13. The number of nitrogens with one attached hydrogen (secondary N) is 1. The minimum atomic E-state index is 0. The molecular weight excluding hydrogens is 389 g/mol. The summed E-state index contributed by atoms with van der Waals surface area (Å²) in [5.74, 6) is 0.201. The Kier molecular flexibility index (Phi) is 9.58. The molecule has 3 rings (SSSR count). The Bertz CT molecular complexity index is 702. The van der Waals surface area contributed by atoms with E-state index < -0.39 is 0 Å². The molecule has 0 spiro atoms. The highest BCUT2D eigenvalue weighted by atomic mass is 35.5. The van der Waals surface area contributed by atoms with E-state index in [1.54, 1.807) is 11.3 Å². The van der Waals surface area contributed by atoms with Gasteiger partial charge in [-0.25, -0.2) is 4.98 Å². The summed E-state index contributed by atoms with van der Waals surface area (Å²) in [5.41, 5.74) is 3.24. The second-order valence-electron chi connectivity index (χ2n) is 6.42. The van der Waals surface area contributed by atoms with Crippen molar-refractivity contribution in [2.45, 2.75) is 39.2 Å². The van der Waals surface area contributed by atoms with Crippen molar-refractivity contribution in [2.24, 2.45) is 0 Å². The first kappa shape index (κ1) is 22.9. The minimum Gasteiger partial charge on any atom is -0.338 e. The third-order valence-electron chi connectivity index (χ3n) is 4.41. The molecule has 1 N–H and O–H groups in total. The number of carbonyl (C=O) groups excluding carboxylic acids is 1. The van der Waals surface area contributed by atoms with Crippen LogP contribution in [0.3, 0.4) is 0 Å². The number of nitrogens with zero attached hydrogens (tertiary/aromatic N) is 2. The van der Waals surface area contributed by atoms with Crippen molar-refractivity contribution >= 4 is 42.1 Å². The van der Waals surface area contributed by atoms with Crippen LogP contribution in [-0.2, 0) is 11.2 Å². The predicted molar refractivity (Wildman–Crippen MR) is 114 cm³/mol. The monoisotopic (exact) mass is 415 g/mol. The summed E-state index contributed by atoms with van der Waals surface area (Å²) in [6.45, 7) is 6.96. The number of hydrogen-bond acceptors (Lipinski definition) is 4. The lowest BCUT2D eigenvalue weighted by Gasteiger charge is -2.28. The second-order valence-corrected chi connectivity index (χ2v) is 7.28. The molecule has 1 aromatic carbocycles. The molecule has 4 nitrogen and oxygen atoms in total. The van der Waals surface area contributed by atoms with Gasteiger partial charge < -0.3 is 10.2 Å². The summed E-state index contributed by atoms with van der Waals surface area (Å²) in [6, 6.07) is 8.68. The van der Waals surface area contributed by atoms with Crippen molar-refractivity contribution in [3.63, 3.8) is 0 Å². The average molecular weight is 416 g/mol. The molecule has 2 aromatic rings. The maximum Gasteiger partial charge on any atom is 0.228 e. The lowest BCUT2D eigenvalue weighted by molar-refractivity contribution is -0.132. The van der Waals surface area contributed by atoms with Crippen LogP contribution < -0.4 is 5.32 Å². The highest BCUT2D eigenvalue weighted by Gasteiger charge is 2.26. The number of thiazole rings is 1. The summed E-state index contributed by atoms with van der Waals surface area (Å²) in [7, 11) is 0. The fraction of sp³-hybridized carbons (Fsp3) is 0.474. The van der Waals surface area contributed by atoms with Gasteiger partial charge in [0, 0.05) is 30.1 Å². The number of hydrogen-bond donors (Lipinski definition) is 1. The van der Waals surface area contributed by atoms with Crippen LogP contribution in [0, 0.1) is 6.92 Å². The van der Waals surface area contributed by atoms with E-state index in [-0.39, 0.29) is 30.7 Å². The Morgan fingerprint density at radius 2 is 2.19 bits per heavy atom. The van der Waals surface area contributed by atoms with Crippen LogP contribution in [-0.4, -0.2) is 41.5 Å². The first-order valence-electron chi connectivity index (χ1n) is 8.69. The molecule has 1 saturated heterocycles. The van der Waals surface area contributed by atoms with E-state index in [9.17, 15) is 4.79 Å². The fourth-order valence-electron chi connectivity index (χ4n) is 3.21. The van der Waals surface area contributed by atoms with Gasteiger partial charge in [-0.1, -0.05) is 30.7 Å². The average Bonchev–Trinajstić information content (AvgIpc) is 3.24. The van der Waals surface area contributed by atoms with Gasteiger partial charge >= 0.3 is 0 Å². The summed E-state index contributed by atoms with van der Waals surface area (Å²) in [6.07, 6.45) is 2.45. The Balaban J connectivity index is 0.00000169. The molecule has 7 heteroatoms. The van der Waals surface area contributed by atoms with Crippen LogP contribution >= 0.6 is 36.2 Å². The molecule has 0 aliphatic carbocycles. The molecule has 1 aromatic heterocycles. The van der Waals surface area contributed by atoms with Crippen molar-refractivity contribution in [1.82, 2.24) is 15.2 Å². The highest BCUT2D eigenvalue weighted by Crippen LogP contribution is 2.25. The number of aromatic nitrogens is 1. The third-order valence-corrected chi connectivity index (χ3v) is 5.35. The Morgan fingerprint density at radius 3 is 2.85 bits per heavy atom. The van der Waals surface area contributed by atoms with Crippen LogP contribution in [0.25, 0.3) is 10.6 Å². The van der Waals surface area contributed by atoms with E-state index in [0.29, 0.717) is 12.5 Å². The smallest absolute Gasteiger partial charge is 0.228 e. The van der Waals surface area contributed by atoms with Gasteiger partial charge in [0.05, 0.1) is 12.1 Å². The van der Waals surface area contributed by atoms with Gasteiger partial charge in [-0.3, -0.25) is 4.79 Å². The Hall–Kier alpha value is -1.14. The molecule has 1 fully saturated rings. The van der Waals surface area contributed by atoms with Gasteiger partial charge in [-0.05, 0) is 32.4 Å². The molecule has 1 unspecified atom stereocenters. The molecule has 1 aliphatic heterocycles. The van der Waals surface area contributed by atoms with Crippen molar-refractivity contribution in [3.05, 3.63) is 40.9 Å². The standard InChI is InChI=1S/C19H25N3OS.2ClH/c1-3-9-22(17-7-8-20-12-17)18(23)11-16-13-24-19(21-16)15-6-4-5-14(2)10-15;;/h4-6,10,13,17,20H,3,7-9,11-12H2,1-2H3;2*1H. The van der Waals surface area contributed by atoms with E-state index >= 15 is 0 Å².